The quantitative estimate of drug-likeness (QED) is 0.163. The molecule has 0 amide bonds. The molecule has 300 valence electrons. The first-order valence-electron chi connectivity index (χ1n) is 20.3. The first-order chi connectivity index (χ1) is 29.2. The SMILES string of the molecule is [C-]#[N+]/C(C#N)=c1\s/c(=C\c2cc3c(s2)-c2sc4c5c(sc4c2C2(CCCCC2)C3)-c2sc(/C=c3\sc(=C(C#N)C#N)n(CC)c3=O)cc2OC52CCCCC2)c(=O)n1CC. The van der Waals surface area contributed by atoms with E-state index < -0.39 is 5.60 Å². The minimum Gasteiger partial charge on any atom is -0.481 e. The fourth-order valence-corrected chi connectivity index (χ4v) is 18.1. The van der Waals surface area contributed by atoms with E-state index in [2.05, 4.69) is 17.0 Å². The molecule has 7 heterocycles. The van der Waals surface area contributed by atoms with E-state index in [-0.39, 0.29) is 27.8 Å². The van der Waals surface area contributed by atoms with Gasteiger partial charge in [-0.3, -0.25) is 14.2 Å². The number of thiazole rings is 2. The maximum atomic E-state index is 13.6. The van der Waals surface area contributed by atoms with E-state index in [0.29, 0.717) is 31.5 Å². The third-order valence-corrected chi connectivity index (χ3v) is 19.9. The zero-order valence-corrected chi connectivity index (χ0v) is 37.8. The standard InChI is InChI=1S/C45H36N6O3S6/c1-4-50-40(52)30(57-42(50)25(21-46)22-47)19-27-17-29-35(56-27)38-33(45(54-29)14-10-7-11-15-45)39-37(60-38)32-36(59-39)34-24(20-44(32)12-8-6-9-13-44)16-26(55-34)18-31-41(53)51(5-2)43(58-31)28(23-48)49-3/h16-19H,4-15,20H2,1-2H3/b30-19-,31-18-,43-28-. The van der Waals surface area contributed by atoms with E-state index in [0.717, 1.165) is 65.3 Å². The second-order valence-corrected chi connectivity index (χ2v) is 22.2. The summed E-state index contributed by atoms with van der Waals surface area (Å²) in [4.78, 5) is 37.5. The van der Waals surface area contributed by atoms with Gasteiger partial charge in [-0.1, -0.05) is 25.7 Å². The van der Waals surface area contributed by atoms with Crippen LogP contribution in [-0.2, 0) is 30.5 Å². The summed E-state index contributed by atoms with van der Waals surface area (Å²) in [7, 11) is 0. The number of hydrogen-bond donors (Lipinski definition) is 0. The summed E-state index contributed by atoms with van der Waals surface area (Å²) in [5, 5.41) is 28.8. The lowest BCUT2D eigenvalue weighted by atomic mass is 9.64. The summed E-state index contributed by atoms with van der Waals surface area (Å²) < 4.78 is 14.9. The molecule has 0 unspecified atom stereocenters. The molecular formula is C45H36N6O3S6. The van der Waals surface area contributed by atoms with E-state index in [4.69, 9.17) is 11.3 Å². The van der Waals surface area contributed by atoms with Crippen LogP contribution in [0.2, 0.25) is 0 Å². The van der Waals surface area contributed by atoms with Crippen LogP contribution in [0.3, 0.4) is 0 Å². The fourth-order valence-electron chi connectivity index (χ4n) is 10.0. The van der Waals surface area contributed by atoms with Crippen molar-refractivity contribution in [1.82, 2.24) is 9.13 Å². The molecule has 2 saturated carbocycles. The van der Waals surface area contributed by atoms with Crippen molar-refractivity contribution >= 4 is 101 Å². The van der Waals surface area contributed by atoms with Crippen molar-refractivity contribution in [3.05, 3.63) is 89.1 Å². The normalized spacial score (nSPS) is 18.2. The zero-order valence-electron chi connectivity index (χ0n) is 32.9. The average Bonchev–Trinajstić information content (AvgIpc) is 4.10. The van der Waals surface area contributed by atoms with Crippen molar-refractivity contribution in [1.29, 1.82) is 15.8 Å². The third kappa shape index (κ3) is 5.86. The molecule has 10 rings (SSSR count). The Kier molecular flexibility index (Phi) is 9.80. The lowest BCUT2D eigenvalue weighted by molar-refractivity contribution is 0.0266. The van der Waals surface area contributed by atoms with Crippen LogP contribution in [0.5, 0.6) is 5.75 Å². The van der Waals surface area contributed by atoms with Gasteiger partial charge in [0, 0.05) is 38.7 Å². The summed E-state index contributed by atoms with van der Waals surface area (Å²) in [5.74, 6) is 0.875. The van der Waals surface area contributed by atoms with Gasteiger partial charge in [0.05, 0.1) is 45.7 Å². The Morgan fingerprint density at radius 1 is 0.733 bits per heavy atom. The van der Waals surface area contributed by atoms with Crippen LogP contribution in [0.15, 0.2) is 21.7 Å². The van der Waals surface area contributed by atoms with Gasteiger partial charge in [0.25, 0.3) is 16.8 Å². The second kappa shape index (κ2) is 15.0. The topological polar surface area (TPSA) is 129 Å². The summed E-state index contributed by atoms with van der Waals surface area (Å²) in [6.07, 6.45) is 16.0. The van der Waals surface area contributed by atoms with E-state index >= 15 is 0 Å². The van der Waals surface area contributed by atoms with Crippen LogP contribution >= 0.6 is 68.0 Å². The number of aromatic nitrogens is 2. The first kappa shape index (κ1) is 39.3. The van der Waals surface area contributed by atoms with Crippen LogP contribution in [0.25, 0.3) is 57.2 Å². The second-order valence-electron chi connectivity index (χ2n) is 15.9. The van der Waals surface area contributed by atoms with E-state index in [1.807, 2.05) is 66.9 Å². The molecule has 9 nitrogen and oxygen atoms in total. The van der Waals surface area contributed by atoms with Crippen LogP contribution in [0.1, 0.15) is 105 Å². The predicted molar refractivity (Wildman–Crippen MR) is 245 cm³/mol. The van der Waals surface area contributed by atoms with Crippen molar-refractivity contribution < 1.29 is 4.74 Å². The van der Waals surface area contributed by atoms with Crippen molar-refractivity contribution in [2.24, 2.45) is 0 Å². The molecule has 6 aromatic rings. The van der Waals surface area contributed by atoms with Crippen molar-refractivity contribution in [2.75, 3.05) is 0 Å². The molecule has 0 radical (unpaired) electrons. The summed E-state index contributed by atoms with van der Waals surface area (Å²) in [6.45, 7) is 12.0. The molecule has 0 atom stereocenters. The largest absolute Gasteiger partial charge is 0.481 e. The highest BCUT2D eigenvalue weighted by molar-refractivity contribution is 7.34. The fraction of sp³-hybridized carbons (Fsp3) is 0.378. The van der Waals surface area contributed by atoms with Gasteiger partial charge in [-0.15, -0.1) is 68.0 Å². The maximum absolute atomic E-state index is 13.6. The highest BCUT2D eigenvalue weighted by Gasteiger charge is 2.49. The van der Waals surface area contributed by atoms with Gasteiger partial charge < -0.3 is 9.30 Å². The Morgan fingerprint density at radius 2 is 1.30 bits per heavy atom. The summed E-state index contributed by atoms with van der Waals surface area (Å²) >= 11 is 9.68. The minimum absolute atomic E-state index is 0.0263. The zero-order chi connectivity index (χ0) is 41.5. The molecule has 0 aromatic carbocycles. The lowest BCUT2D eigenvalue weighted by Crippen LogP contribution is -2.37. The minimum atomic E-state index is -0.434. The Morgan fingerprint density at radius 3 is 1.92 bits per heavy atom. The Labute approximate surface area is 369 Å². The molecule has 15 heteroatoms. The van der Waals surface area contributed by atoms with E-state index in [9.17, 15) is 25.4 Å². The van der Waals surface area contributed by atoms with Crippen molar-refractivity contribution in [2.45, 2.75) is 109 Å². The molecule has 6 aromatic heterocycles. The number of nitrogens with zero attached hydrogens (tertiary/aromatic N) is 6. The maximum Gasteiger partial charge on any atom is 0.294 e. The number of nitriles is 3. The number of hydrogen-bond acceptors (Lipinski definition) is 12. The highest BCUT2D eigenvalue weighted by Crippen LogP contribution is 2.65. The number of ether oxygens (including phenoxy) is 1. The molecule has 0 N–H and O–H groups in total. The Bertz CT molecular complexity index is 3120. The van der Waals surface area contributed by atoms with Crippen LogP contribution < -0.4 is 34.2 Å². The van der Waals surface area contributed by atoms with Gasteiger partial charge in [-0.2, -0.15) is 10.5 Å². The molecule has 1 aliphatic heterocycles. The van der Waals surface area contributed by atoms with Gasteiger partial charge in [-0.05, 0) is 94.2 Å². The molecule has 3 aliphatic carbocycles. The third-order valence-electron chi connectivity index (χ3n) is 12.6. The van der Waals surface area contributed by atoms with E-state index in [1.165, 1.54) is 98.2 Å². The van der Waals surface area contributed by atoms with Gasteiger partial charge in [0.1, 0.15) is 32.8 Å². The molecule has 2 spiro atoms. The van der Waals surface area contributed by atoms with Crippen molar-refractivity contribution in [3.63, 3.8) is 0 Å². The lowest BCUT2D eigenvalue weighted by Gasteiger charge is -2.41. The van der Waals surface area contributed by atoms with Crippen molar-refractivity contribution in [3.8, 4) is 43.5 Å². The summed E-state index contributed by atoms with van der Waals surface area (Å²) in [5.41, 5.74) is 3.31. The highest BCUT2D eigenvalue weighted by atomic mass is 32.1. The first-order valence-corrected chi connectivity index (χ1v) is 25.2. The Hall–Kier alpha value is -4.84. The van der Waals surface area contributed by atoms with Crippen LogP contribution in [-0.4, -0.2) is 9.13 Å². The van der Waals surface area contributed by atoms with Gasteiger partial charge in [0.15, 0.2) is 5.57 Å². The molecule has 2 fully saturated rings. The van der Waals surface area contributed by atoms with Gasteiger partial charge in [-0.25, -0.2) is 10.1 Å². The van der Waals surface area contributed by atoms with Gasteiger partial charge in [0.2, 0.25) is 0 Å². The Balaban J connectivity index is 1.17. The average molecular weight is 901 g/mol. The van der Waals surface area contributed by atoms with Crippen LogP contribution in [0.4, 0.5) is 0 Å². The predicted octanol–water partition coefficient (Wildman–Crippen LogP) is 8.62. The monoisotopic (exact) mass is 900 g/mol. The number of fused-ring (bicyclic) bond motifs is 11. The molecular weight excluding hydrogens is 865 g/mol. The number of thiophene rings is 4. The number of rotatable bonds is 4. The molecule has 60 heavy (non-hydrogen) atoms. The molecule has 4 aliphatic rings. The summed E-state index contributed by atoms with van der Waals surface area (Å²) in [6, 6.07) is 10.3. The smallest absolute Gasteiger partial charge is 0.294 e. The molecule has 0 bridgehead atoms. The molecule has 0 saturated heterocycles. The van der Waals surface area contributed by atoms with Crippen LogP contribution in [0, 0.1) is 40.6 Å². The van der Waals surface area contributed by atoms with Gasteiger partial charge >= 0.3 is 0 Å². The van der Waals surface area contributed by atoms with E-state index in [1.54, 1.807) is 22.7 Å².